The summed E-state index contributed by atoms with van der Waals surface area (Å²) in [5, 5.41) is 0. The first-order valence-corrected chi connectivity index (χ1v) is 17.0. The molecule has 0 aliphatic heterocycles. The molecule has 2 aromatic heterocycles. The van der Waals surface area contributed by atoms with Crippen molar-refractivity contribution in [3.8, 4) is 0 Å². The van der Waals surface area contributed by atoms with Crippen molar-refractivity contribution in [3.05, 3.63) is 60.5 Å². The smallest absolute Gasteiger partial charge is 0.137 e. The molecule has 2 unspecified atom stereocenters. The van der Waals surface area contributed by atoms with E-state index in [-0.39, 0.29) is 45.3 Å². The minimum Gasteiger partial charge on any atom is -0.472 e. The Kier molecular flexibility index (Phi) is 7.46. The van der Waals surface area contributed by atoms with Crippen molar-refractivity contribution >= 4 is 23.7 Å². The van der Waals surface area contributed by atoms with Gasteiger partial charge in [0, 0.05) is 35.8 Å². The number of carbonyl (C=O) groups excluding carboxylic acids is 2. The summed E-state index contributed by atoms with van der Waals surface area (Å²) >= 11 is 0. The minimum atomic E-state index is -0.431. The van der Waals surface area contributed by atoms with E-state index in [4.69, 9.17) is 8.83 Å². The number of hydrogen-bond acceptors (Lipinski definition) is 4. The Bertz CT molecular complexity index is 1330. The first-order chi connectivity index (χ1) is 20.6. The normalized spacial score (nSPS) is 42.0. The van der Waals surface area contributed by atoms with Gasteiger partial charge in [0.2, 0.25) is 0 Å². The number of Topliss-reactive ketones (excluding diaryl/α,β-unsaturated/α-hetero) is 2. The molecule has 4 aliphatic carbocycles. The summed E-state index contributed by atoms with van der Waals surface area (Å²) in [7, 11) is 0. The molecule has 0 bridgehead atoms. The van der Waals surface area contributed by atoms with Crippen LogP contribution in [0.1, 0.15) is 118 Å². The highest BCUT2D eigenvalue weighted by Crippen LogP contribution is 2.74. The van der Waals surface area contributed by atoms with Gasteiger partial charge in [0.25, 0.3) is 0 Å². The minimum absolute atomic E-state index is 0.00408. The summed E-state index contributed by atoms with van der Waals surface area (Å²) < 4.78 is 10.9. The Labute approximate surface area is 265 Å². The van der Waals surface area contributed by atoms with E-state index in [0.29, 0.717) is 24.4 Å². The number of fused-ring (bicyclic) bond motifs is 2. The van der Waals surface area contributed by atoms with Crippen LogP contribution in [-0.2, 0) is 9.59 Å². The number of allylic oxidation sites excluding steroid dienone is 2. The number of ketones is 2. The lowest BCUT2D eigenvalue weighted by molar-refractivity contribution is -0.204. The van der Waals surface area contributed by atoms with Crippen LogP contribution in [0.25, 0.3) is 12.2 Å². The molecule has 44 heavy (non-hydrogen) atoms. The Hall–Kier alpha value is -2.62. The zero-order valence-corrected chi connectivity index (χ0v) is 28.4. The Morgan fingerprint density at radius 2 is 1.00 bits per heavy atom. The highest BCUT2D eigenvalue weighted by atomic mass is 16.3. The molecule has 0 amide bonds. The van der Waals surface area contributed by atoms with E-state index in [1.165, 1.54) is 0 Å². The van der Waals surface area contributed by atoms with Gasteiger partial charge >= 0.3 is 0 Å². The van der Waals surface area contributed by atoms with Crippen molar-refractivity contribution in [2.45, 2.75) is 107 Å². The molecule has 0 saturated heterocycles. The van der Waals surface area contributed by atoms with Gasteiger partial charge in [0.1, 0.15) is 11.6 Å². The average Bonchev–Trinajstić information content (AvgIpc) is 3.61. The van der Waals surface area contributed by atoms with E-state index in [9.17, 15) is 9.59 Å². The van der Waals surface area contributed by atoms with Crippen molar-refractivity contribution in [2.75, 3.05) is 0 Å². The maximum atomic E-state index is 14.7. The molecule has 0 N–H and O–H groups in total. The highest BCUT2D eigenvalue weighted by molar-refractivity contribution is 5.87. The third kappa shape index (κ3) is 4.59. The van der Waals surface area contributed by atoms with Crippen LogP contribution in [0.5, 0.6) is 0 Å². The molecule has 4 nitrogen and oxygen atoms in total. The molecular formula is C40H54O4. The van der Waals surface area contributed by atoms with Gasteiger partial charge in [-0.25, -0.2) is 0 Å². The lowest BCUT2D eigenvalue weighted by Crippen LogP contribution is -2.67. The Balaban J connectivity index is 1.56. The first kappa shape index (κ1) is 31.4. The average molecular weight is 599 g/mol. The van der Waals surface area contributed by atoms with Crippen LogP contribution in [0, 0.1) is 56.2 Å². The standard InChI is InChI=1S/C40H54O4/c1-35(2)17-9-19-37(5)31(13-11-27-15-21-43-25-27)39(7,23-29(41)33(35)37)40(8)24-30(42)34-36(3,4)18-10-20-38(34,6)32(40)14-12-28-16-22-44-26-28/h11-16,21-22,25-26,31-34H,9-10,17-20,23-24H2,1-8H3/b13-11+,14-12+/t31-,32-,33+,34+,37-,38-,39?,40?/m1/s1. The molecule has 2 aromatic rings. The fraction of sp³-hybridized carbons (Fsp3) is 0.650. The van der Waals surface area contributed by atoms with Crippen molar-refractivity contribution in [1.82, 2.24) is 0 Å². The fourth-order valence-corrected chi connectivity index (χ4v) is 12.2. The van der Waals surface area contributed by atoms with Crippen LogP contribution in [-0.4, -0.2) is 11.6 Å². The largest absolute Gasteiger partial charge is 0.472 e. The fourth-order valence-electron chi connectivity index (χ4n) is 12.2. The van der Waals surface area contributed by atoms with E-state index in [0.717, 1.165) is 49.7 Å². The van der Waals surface area contributed by atoms with E-state index in [1.54, 1.807) is 25.1 Å². The molecule has 4 heteroatoms. The first-order valence-electron chi connectivity index (χ1n) is 17.0. The second-order valence-electron chi connectivity index (χ2n) is 17.5. The topological polar surface area (TPSA) is 60.4 Å². The van der Waals surface area contributed by atoms with Gasteiger partial charge in [-0.2, -0.15) is 0 Å². The highest BCUT2D eigenvalue weighted by Gasteiger charge is 2.71. The molecule has 0 aromatic carbocycles. The van der Waals surface area contributed by atoms with Gasteiger partial charge in [-0.15, -0.1) is 0 Å². The maximum absolute atomic E-state index is 14.7. The summed E-state index contributed by atoms with van der Waals surface area (Å²) in [5.41, 5.74) is 0.701. The molecular weight excluding hydrogens is 544 g/mol. The van der Waals surface area contributed by atoms with Crippen LogP contribution < -0.4 is 0 Å². The van der Waals surface area contributed by atoms with E-state index < -0.39 is 10.8 Å². The molecule has 4 aliphatic rings. The molecule has 4 fully saturated rings. The monoisotopic (exact) mass is 598 g/mol. The third-order valence-electron chi connectivity index (χ3n) is 13.8. The van der Waals surface area contributed by atoms with Crippen LogP contribution in [0.15, 0.2) is 58.2 Å². The molecule has 6 rings (SSSR count). The van der Waals surface area contributed by atoms with Gasteiger partial charge in [-0.1, -0.05) is 92.5 Å². The van der Waals surface area contributed by atoms with Gasteiger partial charge < -0.3 is 8.83 Å². The zero-order chi connectivity index (χ0) is 31.8. The Morgan fingerprint density at radius 3 is 1.34 bits per heavy atom. The van der Waals surface area contributed by atoms with Crippen molar-refractivity contribution in [3.63, 3.8) is 0 Å². The van der Waals surface area contributed by atoms with Crippen LogP contribution >= 0.6 is 0 Å². The SMILES string of the molecule is CC1(C)CCC[C@@]2(C)[C@H]1C(=O)CC(C)(C1(C)CC(=O)[C@H]3C(C)(C)CCC[C@]3(C)[C@H]1/C=C/c1ccoc1)[C@@H]2/C=C/c1ccoc1. The summed E-state index contributed by atoms with van der Waals surface area (Å²) in [4.78, 5) is 29.3. The third-order valence-corrected chi connectivity index (χ3v) is 13.8. The molecule has 2 heterocycles. The lowest BCUT2D eigenvalue weighted by atomic mass is 9.33. The number of furan rings is 2. The summed E-state index contributed by atoms with van der Waals surface area (Å²) in [6, 6.07) is 4.01. The summed E-state index contributed by atoms with van der Waals surface area (Å²) in [6.45, 7) is 18.8. The molecule has 8 atom stereocenters. The molecule has 4 saturated carbocycles. The lowest BCUT2D eigenvalue weighted by Gasteiger charge is -2.70. The predicted octanol–water partition coefficient (Wildman–Crippen LogP) is 10.5. The van der Waals surface area contributed by atoms with E-state index in [2.05, 4.69) is 79.7 Å². The van der Waals surface area contributed by atoms with Gasteiger partial charge in [-0.3, -0.25) is 9.59 Å². The van der Waals surface area contributed by atoms with Crippen LogP contribution in [0.2, 0.25) is 0 Å². The van der Waals surface area contributed by atoms with Crippen LogP contribution in [0.3, 0.4) is 0 Å². The van der Waals surface area contributed by atoms with Gasteiger partial charge in [0.05, 0.1) is 25.1 Å². The van der Waals surface area contributed by atoms with Gasteiger partial charge in [-0.05, 0) is 82.1 Å². The van der Waals surface area contributed by atoms with Crippen molar-refractivity contribution in [2.24, 2.45) is 56.2 Å². The Morgan fingerprint density at radius 1 is 0.614 bits per heavy atom. The second kappa shape index (κ2) is 10.5. The van der Waals surface area contributed by atoms with Gasteiger partial charge in [0.15, 0.2) is 0 Å². The van der Waals surface area contributed by atoms with Crippen molar-refractivity contribution < 1.29 is 18.4 Å². The van der Waals surface area contributed by atoms with Crippen LogP contribution in [0.4, 0.5) is 0 Å². The maximum Gasteiger partial charge on any atom is 0.137 e. The molecule has 0 spiro atoms. The van der Waals surface area contributed by atoms with Crippen molar-refractivity contribution in [1.29, 1.82) is 0 Å². The summed E-state index contributed by atoms with van der Waals surface area (Å²) in [6.07, 6.45) is 23.7. The molecule has 238 valence electrons. The summed E-state index contributed by atoms with van der Waals surface area (Å²) in [5.74, 6) is 1.02. The van der Waals surface area contributed by atoms with E-state index in [1.807, 2.05) is 12.1 Å². The molecule has 0 radical (unpaired) electrons. The zero-order valence-electron chi connectivity index (χ0n) is 28.4. The number of hydrogen-bond donors (Lipinski definition) is 0. The van der Waals surface area contributed by atoms with E-state index >= 15 is 0 Å². The number of carbonyl (C=O) groups is 2. The predicted molar refractivity (Wildman–Crippen MR) is 176 cm³/mol. The second-order valence-corrected chi connectivity index (χ2v) is 17.5. The quantitative estimate of drug-likeness (QED) is 0.343. The number of rotatable bonds is 5.